The number of unbranched alkanes of at least 4 members (excludes halogenated alkanes) is 11. The third-order valence-corrected chi connectivity index (χ3v) is 5.11. The van der Waals surface area contributed by atoms with Gasteiger partial charge < -0.3 is 5.11 Å². The van der Waals surface area contributed by atoms with Crippen molar-refractivity contribution in [2.75, 3.05) is 0 Å². The second-order valence-electron chi connectivity index (χ2n) is 6.02. The van der Waals surface area contributed by atoms with E-state index in [9.17, 15) is 13.2 Å². The molecular formula is C16H32Na2O5S. The van der Waals surface area contributed by atoms with E-state index in [4.69, 9.17) is 9.66 Å². The summed E-state index contributed by atoms with van der Waals surface area (Å²) in [4.78, 5) is 10.7. The molecule has 0 aliphatic carbocycles. The number of carbonyl (C=O) groups is 1. The van der Waals surface area contributed by atoms with Gasteiger partial charge in [-0.25, -0.2) is 0 Å². The van der Waals surface area contributed by atoms with Crippen LogP contribution in [-0.2, 0) is 14.9 Å². The summed E-state index contributed by atoms with van der Waals surface area (Å²) >= 11 is 0. The Balaban J connectivity index is -0.00000220. The Hall–Kier alpha value is 1.38. The maximum atomic E-state index is 10.9. The molecule has 2 N–H and O–H groups in total. The predicted octanol–water partition coefficient (Wildman–Crippen LogP) is 3.66. The molecule has 2 radical (unpaired) electrons. The number of carboxylic acids is 1. The standard InChI is InChI=1S/C16H32O5S.2Na/c1-2-3-4-5-6-7-8-9-10-11-12-13-14-15(16(17)18)22(19,20)21;;/h15H,2-14H2,1H3,(H,17,18)(H,19,20,21);;. The molecule has 0 aliphatic rings. The first-order valence-corrected chi connectivity index (χ1v) is 10.1. The number of hydrogen-bond acceptors (Lipinski definition) is 3. The quantitative estimate of drug-likeness (QED) is 0.256. The van der Waals surface area contributed by atoms with Crippen molar-refractivity contribution >= 4 is 75.2 Å². The van der Waals surface area contributed by atoms with Crippen LogP contribution in [0, 0.1) is 0 Å². The molecule has 1 atom stereocenters. The zero-order valence-corrected chi connectivity index (χ0v) is 20.6. The summed E-state index contributed by atoms with van der Waals surface area (Å²) in [5, 5.41) is 7.08. The van der Waals surface area contributed by atoms with Gasteiger partial charge in [0.05, 0.1) is 0 Å². The summed E-state index contributed by atoms with van der Waals surface area (Å²) in [5.74, 6) is -1.47. The molecule has 0 saturated heterocycles. The fourth-order valence-electron chi connectivity index (χ4n) is 2.57. The van der Waals surface area contributed by atoms with Gasteiger partial charge in [0, 0.05) is 59.1 Å². The Morgan fingerprint density at radius 3 is 1.42 bits per heavy atom. The van der Waals surface area contributed by atoms with Gasteiger partial charge >= 0.3 is 5.97 Å². The molecule has 0 rings (SSSR count). The van der Waals surface area contributed by atoms with Crippen molar-refractivity contribution in [2.45, 2.75) is 95.6 Å². The average molecular weight is 382 g/mol. The van der Waals surface area contributed by atoms with Crippen LogP contribution >= 0.6 is 0 Å². The Kier molecular flexibility index (Phi) is 24.0. The summed E-state index contributed by atoms with van der Waals surface area (Å²) in [6.45, 7) is 2.22. The van der Waals surface area contributed by atoms with Crippen molar-refractivity contribution in [1.82, 2.24) is 0 Å². The van der Waals surface area contributed by atoms with E-state index in [1.165, 1.54) is 51.4 Å². The van der Waals surface area contributed by atoms with Crippen LogP contribution in [0.2, 0.25) is 0 Å². The molecule has 0 aliphatic heterocycles. The summed E-state index contributed by atoms with van der Waals surface area (Å²) in [7, 11) is -4.48. The Morgan fingerprint density at radius 1 is 0.792 bits per heavy atom. The molecule has 0 amide bonds. The van der Waals surface area contributed by atoms with Gasteiger partial charge in [-0.3, -0.25) is 9.35 Å². The van der Waals surface area contributed by atoms with Gasteiger partial charge in [-0.2, -0.15) is 8.42 Å². The maximum Gasteiger partial charge on any atom is 0.324 e. The van der Waals surface area contributed by atoms with E-state index in [2.05, 4.69) is 6.92 Å². The summed E-state index contributed by atoms with van der Waals surface area (Å²) < 4.78 is 30.6. The van der Waals surface area contributed by atoms with E-state index in [0.717, 1.165) is 19.3 Å². The normalized spacial score (nSPS) is 12.1. The summed E-state index contributed by atoms with van der Waals surface area (Å²) in [6, 6.07) is 0. The Labute approximate surface area is 192 Å². The van der Waals surface area contributed by atoms with Crippen LogP contribution in [0.25, 0.3) is 0 Å². The number of aliphatic carboxylic acids is 1. The van der Waals surface area contributed by atoms with E-state index in [1.807, 2.05) is 0 Å². The first-order valence-electron chi connectivity index (χ1n) is 8.58. The maximum absolute atomic E-state index is 10.9. The van der Waals surface area contributed by atoms with Crippen molar-refractivity contribution in [3.05, 3.63) is 0 Å². The van der Waals surface area contributed by atoms with Gasteiger partial charge in [0.25, 0.3) is 10.1 Å². The van der Waals surface area contributed by atoms with E-state index in [0.29, 0.717) is 6.42 Å². The molecule has 24 heavy (non-hydrogen) atoms. The molecule has 134 valence electrons. The second kappa shape index (κ2) is 19.2. The van der Waals surface area contributed by atoms with Crippen LogP contribution in [0.5, 0.6) is 0 Å². The monoisotopic (exact) mass is 382 g/mol. The minimum atomic E-state index is -4.48. The van der Waals surface area contributed by atoms with E-state index >= 15 is 0 Å². The summed E-state index contributed by atoms with van der Waals surface area (Å²) in [6.07, 6.45) is 13.8. The van der Waals surface area contributed by atoms with Crippen LogP contribution in [0.4, 0.5) is 0 Å². The number of rotatable bonds is 15. The van der Waals surface area contributed by atoms with Crippen molar-refractivity contribution in [2.24, 2.45) is 0 Å². The molecule has 0 aromatic rings. The summed E-state index contributed by atoms with van der Waals surface area (Å²) in [5.41, 5.74) is 0. The van der Waals surface area contributed by atoms with Crippen molar-refractivity contribution < 1.29 is 22.9 Å². The Bertz CT molecular complexity index is 388. The minimum Gasteiger partial charge on any atom is -0.480 e. The van der Waals surface area contributed by atoms with Gasteiger partial charge in [0.1, 0.15) is 0 Å². The zero-order chi connectivity index (χ0) is 16.8. The fraction of sp³-hybridized carbons (Fsp3) is 0.938. The van der Waals surface area contributed by atoms with Crippen molar-refractivity contribution in [3.63, 3.8) is 0 Å². The van der Waals surface area contributed by atoms with Crippen LogP contribution in [-0.4, -0.2) is 88.4 Å². The molecule has 5 nitrogen and oxygen atoms in total. The third-order valence-electron chi connectivity index (χ3n) is 3.95. The van der Waals surface area contributed by atoms with Crippen molar-refractivity contribution in [3.8, 4) is 0 Å². The van der Waals surface area contributed by atoms with Crippen LogP contribution in [0.3, 0.4) is 0 Å². The molecule has 0 aromatic carbocycles. The SMILES string of the molecule is CCCCCCCCCCCCCCC(C(=O)O)S(=O)(=O)O.[Na].[Na]. The largest absolute Gasteiger partial charge is 0.480 e. The first-order chi connectivity index (χ1) is 10.4. The van der Waals surface area contributed by atoms with Crippen molar-refractivity contribution in [1.29, 1.82) is 0 Å². The molecule has 1 unspecified atom stereocenters. The zero-order valence-electron chi connectivity index (χ0n) is 15.8. The molecule has 0 aromatic heterocycles. The number of carboxylic acid groups (broad SMARTS) is 1. The molecule has 0 spiro atoms. The minimum absolute atomic E-state index is 0. The molecule has 0 fully saturated rings. The van der Waals surface area contributed by atoms with Crippen LogP contribution in [0.1, 0.15) is 90.4 Å². The van der Waals surface area contributed by atoms with E-state index in [-0.39, 0.29) is 65.5 Å². The van der Waals surface area contributed by atoms with Gasteiger partial charge in [-0.05, 0) is 6.42 Å². The van der Waals surface area contributed by atoms with Gasteiger partial charge in [-0.15, -0.1) is 0 Å². The predicted molar refractivity (Wildman–Crippen MR) is 100 cm³/mol. The molecule has 0 saturated carbocycles. The average Bonchev–Trinajstić information content (AvgIpc) is 2.42. The van der Waals surface area contributed by atoms with Crippen LogP contribution in [0.15, 0.2) is 0 Å². The Morgan fingerprint density at radius 2 is 1.12 bits per heavy atom. The van der Waals surface area contributed by atoms with Gasteiger partial charge in [0.15, 0.2) is 5.25 Å². The van der Waals surface area contributed by atoms with Gasteiger partial charge in [-0.1, -0.05) is 84.0 Å². The fourth-order valence-corrected chi connectivity index (χ4v) is 3.29. The third kappa shape index (κ3) is 18.2. The number of hydrogen-bond donors (Lipinski definition) is 2. The van der Waals surface area contributed by atoms with E-state index in [1.54, 1.807) is 0 Å². The molecular weight excluding hydrogens is 350 g/mol. The van der Waals surface area contributed by atoms with Gasteiger partial charge in [0.2, 0.25) is 0 Å². The van der Waals surface area contributed by atoms with E-state index < -0.39 is 21.3 Å². The first kappa shape index (κ1) is 30.1. The topological polar surface area (TPSA) is 91.7 Å². The second-order valence-corrected chi connectivity index (χ2v) is 7.62. The van der Waals surface area contributed by atoms with Crippen LogP contribution < -0.4 is 0 Å². The molecule has 0 bridgehead atoms. The molecule has 0 heterocycles. The molecule has 8 heteroatoms. The smallest absolute Gasteiger partial charge is 0.324 e.